The van der Waals surface area contributed by atoms with Gasteiger partial charge in [-0.15, -0.1) is 0 Å². The summed E-state index contributed by atoms with van der Waals surface area (Å²) in [6.07, 6.45) is 1.94. The fourth-order valence-electron chi connectivity index (χ4n) is 2.66. The quantitative estimate of drug-likeness (QED) is 0.892. The molecule has 0 radical (unpaired) electrons. The van der Waals surface area contributed by atoms with Crippen LogP contribution in [-0.2, 0) is 40.0 Å². The van der Waals surface area contributed by atoms with Crippen LogP contribution < -0.4 is 5.32 Å². The van der Waals surface area contributed by atoms with Gasteiger partial charge in [0, 0.05) is 38.4 Å². The third-order valence-electron chi connectivity index (χ3n) is 3.95. The van der Waals surface area contributed by atoms with Gasteiger partial charge in [-0.05, 0) is 19.8 Å². The zero-order chi connectivity index (χ0) is 15.6. The van der Waals surface area contributed by atoms with Crippen molar-refractivity contribution in [2.45, 2.75) is 46.7 Å². The van der Waals surface area contributed by atoms with E-state index in [2.05, 4.69) is 29.4 Å². The molecule has 0 saturated carbocycles. The Labute approximate surface area is 131 Å². The third kappa shape index (κ3) is 3.14. The largest absolute Gasteiger partial charge is 0.307 e. The van der Waals surface area contributed by atoms with E-state index in [1.807, 2.05) is 30.4 Å². The minimum Gasteiger partial charge on any atom is -0.307 e. The number of aromatic nitrogens is 4. The Hall–Kier alpha value is -1.33. The fourth-order valence-corrected chi connectivity index (χ4v) is 2.89. The lowest BCUT2D eigenvalue weighted by Crippen LogP contribution is -2.15. The van der Waals surface area contributed by atoms with E-state index >= 15 is 0 Å². The van der Waals surface area contributed by atoms with Crippen molar-refractivity contribution < 1.29 is 0 Å². The fraction of sp³-hybridized carbons (Fsp3) is 0.600. The molecule has 21 heavy (non-hydrogen) atoms. The molecule has 0 aliphatic carbocycles. The number of nitrogens with one attached hydrogen (secondary N) is 1. The summed E-state index contributed by atoms with van der Waals surface area (Å²) in [5, 5.41) is 13.2. The van der Waals surface area contributed by atoms with Crippen LogP contribution in [0, 0.1) is 6.92 Å². The number of hydrogen-bond acceptors (Lipinski definition) is 3. The molecule has 0 fully saturated rings. The number of aryl methyl sites for hydroxylation is 3. The molecule has 0 aliphatic heterocycles. The second kappa shape index (κ2) is 6.62. The molecule has 2 heterocycles. The lowest BCUT2D eigenvalue weighted by molar-refractivity contribution is 0.645. The molecule has 1 N–H and O–H groups in total. The summed E-state index contributed by atoms with van der Waals surface area (Å²) in [4.78, 5) is 0. The molecule has 0 unspecified atom stereocenters. The van der Waals surface area contributed by atoms with Gasteiger partial charge < -0.3 is 5.32 Å². The molecule has 5 nitrogen and oxygen atoms in total. The Balaban J connectivity index is 2.08. The maximum absolute atomic E-state index is 6.28. The molecule has 116 valence electrons. The normalized spacial score (nSPS) is 11.3. The summed E-state index contributed by atoms with van der Waals surface area (Å²) >= 11 is 6.28. The Kier molecular flexibility index (Phi) is 5.06. The average Bonchev–Trinajstić information content (AvgIpc) is 2.90. The topological polar surface area (TPSA) is 47.7 Å². The molecule has 0 atom stereocenters. The van der Waals surface area contributed by atoms with Gasteiger partial charge in [-0.1, -0.05) is 25.4 Å². The van der Waals surface area contributed by atoms with E-state index in [1.54, 1.807) is 0 Å². The zero-order valence-corrected chi connectivity index (χ0v) is 14.3. The van der Waals surface area contributed by atoms with E-state index in [1.165, 1.54) is 17.0 Å². The minimum absolute atomic E-state index is 0.668. The molecule has 0 saturated heterocycles. The van der Waals surface area contributed by atoms with Gasteiger partial charge in [0.15, 0.2) is 0 Å². The first-order valence-corrected chi connectivity index (χ1v) is 7.79. The smallest absolute Gasteiger partial charge is 0.0951 e. The monoisotopic (exact) mass is 309 g/mol. The highest BCUT2D eigenvalue weighted by atomic mass is 35.5. The first-order chi connectivity index (χ1) is 9.99. The van der Waals surface area contributed by atoms with Crippen molar-refractivity contribution in [2.75, 3.05) is 0 Å². The summed E-state index contributed by atoms with van der Waals surface area (Å²) in [7, 11) is 3.93. The van der Waals surface area contributed by atoms with Crippen molar-refractivity contribution in [3.63, 3.8) is 0 Å². The third-order valence-corrected chi connectivity index (χ3v) is 4.44. The first-order valence-electron chi connectivity index (χ1n) is 7.41. The summed E-state index contributed by atoms with van der Waals surface area (Å²) < 4.78 is 3.81. The van der Waals surface area contributed by atoms with Gasteiger partial charge in [-0.3, -0.25) is 9.36 Å². The van der Waals surface area contributed by atoms with Crippen LogP contribution in [0.1, 0.15) is 42.2 Å². The lowest BCUT2D eigenvalue weighted by atomic mass is 10.1. The molecular weight excluding hydrogens is 286 g/mol. The second-order valence-electron chi connectivity index (χ2n) is 5.28. The lowest BCUT2D eigenvalue weighted by Gasteiger charge is -2.06. The number of rotatable bonds is 6. The van der Waals surface area contributed by atoms with Gasteiger partial charge in [0.25, 0.3) is 0 Å². The highest BCUT2D eigenvalue weighted by Gasteiger charge is 2.14. The molecule has 2 aromatic rings. The van der Waals surface area contributed by atoms with Crippen LogP contribution in [0.4, 0.5) is 0 Å². The van der Waals surface area contributed by atoms with Gasteiger partial charge in [0.05, 0.1) is 22.1 Å². The second-order valence-corrected chi connectivity index (χ2v) is 5.65. The van der Waals surface area contributed by atoms with Crippen molar-refractivity contribution >= 4 is 11.6 Å². The van der Waals surface area contributed by atoms with Crippen LogP contribution in [0.2, 0.25) is 5.02 Å². The van der Waals surface area contributed by atoms with E-state index in [-0.39, 0.29) is 0 Å². The maximum Gasteiger partial charge on any atom is 0.0951 e. The molecule has 0 aromatic carbocycles. The zero-order valence-electron chi connectivity index (χ0n) is 13.5. The Morgan fingerprint density at radius 2 is 1.67 bits per heavy atom. The van der Waals surface area contributed by atoms with E-state index in [4.69, 9.17) is 11.6 Å². The SMILES string of the molecule is CCc1nn(C)c(CC)c1CNCc1nn(C)c(C)c1Cl. The van der Waals surface area contributed by atoms with Crippen LogP contribution in [0.15, 0.2) is 0 Å². The highest BCUT2D eigenvalue weighted by Crippen LogP contribution is 2.20. The van der Waals surface area contributed by atoms with Gasteiger partial charge in [0.1, 0.15) is 0 Å². The van der Waals surface area contributed by atoms with Crippen molar-refractivity contribution in [3.8, 4) is 0 Å². The Morgan fingerprint density at radius 3 is 2.19 bits per heavy atom. The van der Waals surface area contributed by atoms with Crippen molar-refractivity contribution in [3.05, 3.63) is 33.4 Å². The van der Waals surface area contributed by atoms with Crippen molar-refractivity contribution in [1.82, 2.24) is 24.9 Å². The predicted molar refractivity (Wildman–Crippen MR) is 85.5 cm³/mol. The summed E-state index contributed by atoms with van der Waals surface area (Å²) in [6, 6.07) is 0. The van der Waals surface area contributed by atoms with Crippen LogP contribution in [0.3, 0.4) is 0 Å². The summed E-state index contributed by atoms with van der Waals surface area (Å²) in [5.74, 6) is 0. The van der Waals surface area contributed by atoms with E-state index in [9.17, 15) is 0 Å². The van der Waals surface area contributed by atoms with Gasteiger partial charge in [-0.25, -0.2) is 0 Å². The average molecular weight is 310 g/mol. The molecule has 0 spiro atoms. The van der Waals surface area contributed by atoms with Gasteiger partial charge in [-0.2, -0.15) is 10.2 Å². The van der Waals surface area contributed by atoms with Crippen molar-refractivity contribution in [2.24, 2.45) is 14.1 Å². The molecule has 0 aliphatic rings. The van der Waals surface area contributed by atoms with E-state index in [0.29, 0.717) is 6.54 Å². The summed E-state index contributed by atoms with van der Waals surface area (Å²) in [6.45, 7) is 7.75. The predicted octanol–water partition coefficient (Wildman–Crippen LogP) is 2.53. The number of hydrogen-bond donors (Lipinski definition) is 1. The summed E-state index contributed by atoms with van der Waals surface area (Å²) in [5.41, 5.74) is 5.68. The highest BCUT2D eigenvalue weighted by molar-refractivity contribution is 6.31. The van der Waals surface area contributed by atoms with E-state index < -0.39 is 0 Å². The Morgan fingerprint density at radius 1 is 1.00 bits per heavy atom. The van der Waals surface area contributed by atoms with Gasteiger partial charge in [0.2, 0.25) is 0 Å². The first kappa shape index (κ1) is 16.0. The van der Waals surface area contributed by atoms with Crippen LogP contribution in [0.25, 0.3) is 0 Å². The molecule has 0 bridgehead atoms. The van der Waals surface area contributed by atoms with Crippen LogP contribution in [0.5, 0.6) is 0 Å². The van der Waals surface area contributed by atoms with Crippen molar-refractivity contribution in [1.29, 1.82) is 0 Å². The van der Waals surface area contributed by atoms with Crippen LogP contribution >= 0.6 is 11.6 Å². The maximum atomic E-state index is 6.28. The number of halogens is 1. The van der Waals surface area contributed by atoms with Gasteiger partial charge >= 0.3 is 0 Å². The van der Waals surface area contributed by atoms with Crippen LogP contribution in [-0.4, -0.2) is 19.6 Å². The number of nitrogens with zero attached hydrogens (tertiary/aromatic N) is 4. The minimum atomic E-state index is 0.668. The van der Waals surface area contributed by atoms with E-state index in [0.717, 1.165) is 35.8 Å². The molecular formula is C15H24ClN5. The Bertz CT molecular complexity index is 627. The molecule has 6 heteroatoms. The molecule has 0 amide bonds. The molecule has 2 aromatic heterocycles. The molecule has 2 rings (SSSR count). The standard InChI is InChI=1S/C15H24ClN5/c1-6-12-11(14(7-2)21(5)18-12)8-17-9-13-15(16)10(3)20(4)19-13/h17H,6-9H2,1-5H3.